The van der Waals surface area contributed by atoms with E-state index in [0.29, 0.717) is 50.4 Å². The number of esters is 1. The maximum atomic E-state index is 12.3. The van der Waals surface area contributed by atoms with Gasteiger partial charge in [0.2, 0.25) is 0 Å². The molecule has 5 nitrogen and oxygen atoms in total. The van der Waals surface area contributed by atoms with Crippen molar-refractivity contribution in [2.45, 2.75) is 58.9 Å². The van der Waals surface area contributed by atoms with Crippen molar-refractivity contribution in [3.8, 4) is 0 Å². The van der Waals surface area contributed by atoms with Crippen molar-refractivity contribution in [3.05, 3.63) is 12.2 Å². The van der Waals surface area contributed by atoms with Crippen molar-refractivity contribution in [1.82, 2.24) is 0 Å². The highest BCUT2D eigenvalue weighted by Gasteiger charge is 2.60. The normalized spacial score (nSPS) is 25.4. The van der Waals surface area contributed by atoms with E-state index >= 15 is 0 Å². The highest BCUT2D eigenvalue weighted by Crippen LogP contribution is 2.67. The summed E-state index contributed by atoms with van der Waals surface area (Å²) in [6.07, 6.45) is 5.35. The molecule has 2 rings (SSSR count). The molecule has 2 saturated carbocycles. The van der Waals surface area contributed by atoms with E-state index in [1.54, 1.807) is 0 Å². The number of hydrogen-bond donors (Lipinski definition) is 0. The Hall–Kier alpha value is -0.693. The van der Waals surface area contributed by atoms with Crippen molar-refractivity contribution in [1.29, 1.82) is 0 Å². The van der Waals surface area contributed by atoms with Crippen molar-refractivity contribution >= 4 is 14.8 Å². The van der Waals surface area contributed by atoms with Crippen LogP contribution in [0.1, 0.15) is 52.9 Å². The Morgan fingerprint density at radius 1 is 1.17 bits per heavy atom. The van der Waals surface area contributed by atoms with Gasteiger partial charge in [0.25, 0.3) is 0 Å². The van der Waals surface area contributed by atoms with E-state index in [9.17, 15) is 4.79 Å². The minimum absolute atomic E-state index is 0.0809. The number of carbonyl (C=O) groups is 1. The van der Waals surface area contributed by atoms with Gasteiger partial charge >= 0.3 is 14.8 Å². The Bertz CT molecular complexity index is 436. The van der Waals surface area contributed by atoms with Crippen LogP contribution in [0.3, 0.4) is 0 Å². The van der Waals surface area contributed by atoms with Gasteiger partial charge in [-0.15, -0.1) is 0 Å². The van der Waals surface area contributed by atoms with Crippen LogP contribution in [-0.2, 0) is 22.8 Å². The van der Waals surface area contributed by atoms with Gasteiger partial charge in [-0.05, 0) is 52.4 Å². The van der Waals surface area contributed by atoms with Gasteiger partial charge in [-0.1, -0.05) is 13.0 Å². The highest BCUT2D eigenvalue weighted by atomic mass is 28.4. The third kappa shape index (κ3) is 4.28. The zero-order chi connectivity index (χ0) is 17.6. The molecule has 2 unspecified atom stereocenters. The lowest BCUT2D eigenvalue weighted by molar-refractivity contribution is -0.139. The van der Waals surface area contributed by atoms with E-state index in [1.165, 1.54) is 12.8 Å². The SMILES string of the molecule is C=C(C(=O)OCCC[Si](OCC)(OCC)OCC)C12CCCC1C2. The lowest BCUT2D eigenvalue weighted by atomic mass is 9.94. The van der Waals surface area contributed by atoms with Crippen LogP contribution < -0.4 is 0 Å². The predicted molar refractivity (Wildman–Crippen MR) is 94.5 cm³/mol. The molecule has 2 aliphatic carbocycles. The van der Waals surface area contributed by atoms with Crippen LogP contribution in [0.15, 0.2) is 12.2 Å². The van der Waals surface area contributed by atoms with E-state index in [4.69, 9.17) is 18.0 Å². The first-order valence-corrected chi connectivity index (χ1v) is 11.2. The molecule has 0 aromatic heterocycles. The molecule has 0 aromatic carbocycles. The molecule has 24 heavy (non-hydrogen) atoms. The average molecular weight is 357 g/mol. The summed E-state index contributed by atoms with van der Waals surface area (Å²) in [6.45, 7) is 11.9. The summed E-state index contributed by atoms with van der Waals surface area (Å²) in [6, 6.07) is 0.663. The second-order valence-electron chi connectivity index (χ2n) is 6.65. The molecule has 0 aromatic rings. The Morgan fingerprint density at radius 3 is 2.25 bits per heavy atom. The van der Waals surface area contributed by atoms with Gasteiger partial charge in [0, 0.05) is 36.9 Å². The first-order chi connectivity index (χ1) is 11.5. The fourth-order valence-electron chi connectivity index (χ4n) is 3.99. The smallest absolute Gasteiger partial charge is 0.462 e. The molecule has 2 aliphatic rings. The van der Waals surface area contributed by atoms with Gasteiger partial charge in [-0.25, -0.2) is 4.79 Å². The van der Waals surface area contributed by atoms with Crippen molar-refractivity contribution in [2.75, 3.05) is 26.4 Å². The molecule has 0 saturated heterocycles. The topological polar surface area (TPSA) is 54.0 Å². The molecule has 6 heteroatoms. The van der Waals surface area contributed by atoms with E-state index in [1.807, 2.05) is 20.8 Å². The molecule has 0 bridgehead atoms. The third-order valence-corrected chi connectivity index (χ3v) is 8.36. The Balaban J connectivity index is 1.75. The standard InChI is InChI=1S/C18H32O5Si/c1-5-21-24(22-6-2,23-7-3)13-9-12-20-17(19)15(4)18-11-8-10-16(18)14-18/h16H,4-14H2,1-3H3. The van der Waals surface area contributed by atoms with Crippen LogP contribution >= 0.6 is 0 Å². The first kappa shape index (κ1) is 19.6. The maximum absolute atomic E-state index is 12.3. The Morgan fingerprint density at radius 2 is 1.79 bits per heavy atom. The van der Waals surface area contributed by atoms with Gasteiger partial charge in [0.1, 0.15) is 0 Å². The van der Waals surface area contributed by atoms with Crippen LogP contribution in [0, 0.1) is 11.3 Å². The molecular weight excluding hydrogens is 324 g/mol. The zero-order valence-electron chi connectivity index (χ0n) is 15.4. The molecule has 0 N–H and O–H groups in total. The van der Waals surface area contributed by atoms with Crippen LogP contribution in [0.25, 0.3) is 0 Å². The summed E-state index contributed by atoms with van der Waals surface area (Å²) in [4.78, 5) is 12.3. The highest BCUT2D eigenvalue weighted by molar-refractivity contribution is 6.60. The first-order valence-electron chi connectivity index (χ1n) is 9.32. The van der Waals surface area contributed by atoms with Gasteiger partial charge in [0.05, 0.1) is 6.61 Å². The minimum Gasteiger partial charge on any atom is -0.462 e. The summed E-state index contributed by atoms with van der Waals surface area (Å²) >= 11 is 0. The van der Waals surface area contributed by atoms with Crippen LogP contribution in [0.5, 0.6) is 0 Å². The molecule has 138 valence electrons. The second-order valence-corrected chi connectivity index (χ2v) is 9.38. The summed E-state index contributed by atoms with van der Waals surface area (Å²) in [7, 11) is -2.64. The molecule has 0 radical (unpaired) electrons. The average Bonchev–Trinajstić information content (AvgIpc) is 3.12. The van der Waals surface area contributed by atoms with Crippen LogP contribution in [-0.4, -0.2) is 41.2 Å². The van der Waals surface area contributed by atoms with E-state index in [0.717, 1.165) is 12.8 Å². The fourth-order valence-corrected chi connectivity index (χ4v) is 6.57. The Labute approximate surface area is 147 Å². The zero-order valence-corrected chi connectivity index (χ0v) is 16.4. The number of hydrogen-bond acceptors (Lipinski definition) is 5. The molecule has 0 amide bonds. The maximum Gasteiger partial charge on any atom is 0.501 e. The van der Waals surface area contributed by atoms with Gasteiger partial charge in [0.15, 0.2) is 0 Å². The number of fused-ring (bicyclic) bond motifs is 1. The van der Waals surface area contributed by atoms with Crippen LogP contribution in [0.4, 0.5) is 0 Å². The summed E-state index contributed by atoms with van der Waals surface area (Å²) in [5.74, 6) is 0.447. The summed E-state index contributed by atoms with van der Waals surface area (Å²) < 4.78 is 22.9. The van der Waals surface area contributed by atoms with Crippen LogP contribution in [0.2, 0.25) is 6.04 Å². The summed E-state index contributed by atoms with van der Waals surface area (Å²) in [5, 5.41) is 0. The fraction of sp³-hybridized carbons (Fsp3) is 0.833. The van der Waals surface area contributed by atoms with E-state index < -0.39 is 8.80 Å². The van der Waals surface area contributed by atoms with E-state index in [-0.39, 0.29) is 11.4 Å². The van der Waals surface area contributed by atoms with Gasteiger partial charge in [-0.3, -0.25) is 0 Å². The molecule has 2 fully saturated rings. The van der Waals surface area contributed by atoms with Gasteiger partial charge < -0.3 is 18.0 Å². The molecule has 0 heterocycles. The van der Waals surface area contributed by atoms with Gasteiger partial charge in [-0.2, -0.15) is 0 Å². The Kier molecular flexibility index (Phi) is 7.04. The quantitative estimate of drug-likeness (QED) is 0.231. The third-order valence-electron chi connectivity index (χ3n) is 5.21. The minimum atomic E-state index is -2.64. The molecule has 2 atom stereocenters. The van der Waals surface area contributed by atoms with Crippen molar-refractivity contribution in [2.24, 2.45) is 11.3 Å². The number of carbonyl (C=O) groups excluding carboxylic acids is 1. The summed E-state index contributed by atoms with van der Waals surface area (Å²) in [5.41, 5.74) is 0.769. The van der Waals surface area contributed by atoms with Crippen molar-refractivity contribution < 1.29 is 22.8 Å². The molecule has 0 aliphatic heterocycles. The molecular formula is C18H32O5Si. The lowest BCUT2D eigenvalue weighted by Gasteiger charge is -2.28. The lowest BCUT2D eigenvalue weighted by Crippen LogP contribution is -2.46. The second kappa shape index (κ2) is 8.60. The predicted octanol–water partition coefficient (Wildman–Crippen LogP) is 3.71. The monoisotopic (exact) mass is 356 g/mol. The van der Waals surface area contributed by atoms with Crippen molar-refractivity contribution in [3.63, 3.8) is 0 Å². The number of ether oxygens (including phenoxy) is 1. The van der Waals surface area contributed by atoms with E-state index in [2.05, 4.69) is 6.58 Å². The largest absolute Gasteiger partial charge is 0.501 e. The number of rotatable bonds is 12. The molecule has 0 spiro atoms.